The van der Waals surface area contributed by atoms with E-state index in [1.807, 2.05) is 0 Å². The average Bonchev–Trinajstić information content (AvgIpc) is 3.22. The van der Waals surface area contributed by atoms with Gasteiger partial charge in [0.05, 0.1) is 13.2 Å². The summed E-state index contributed by atoms with van der Waals surface area (Å²) in [5.74, 6) is -0.722. The molecule has 7 nitrogen and oxygen atoms in total. The third kappa shape index (κ3) is 3.95. The molecule has 0 bridgehead atoms. The Hall–Kier alpha value is -2.64. The standard InChI is InChI=1S/C20H26FN3O4/c1-13(14-7-8-16(28-2)15(21)12-14)22-17(25)6-5-11-24-18(26)20(23-19(24)27)9-3-4-10-20/h7-8,12-13H,3-6,9-11H2,1-2H3,(H,22,25)(H,23,27)/t13-/m1/s1. The predicted molar refractivity (Wildman–Crippen MR) is 100 cm³/mol. The first-order chi connectivity index (χ1) is 13.4. The molecule has 2 fully saturated rings. The van der Waals surface area contributed by atoms with E-state index in [1.165, 1.54) is 24.1 Å². The molecular weight excluding hydrogens is 365 g/mol. The zero-order valence-electron chi connectivity index (χ0n) is 16.2. The molecule has 2 aliphatic rings. The number of hydrogen-bond donors (Lipinski definition) is 2. The lowest BCUT2D eigenvalue weighted by Crippen LogP contribution is -2.44. The number of hydrogen-bond acceptors (Lipinski definition) is 4. The Kier molecular flexibility index (Phi) is 5.86. The van der Waals surface area contributed by atoms with Gasteiger partial charge in [-0.05, 0) is 43.9 Å². The Morgan fingerprint density at radius 1 is 1.36 bits per heavy atom. The molecule has 1 spiro atoms. The van der Waals surface area contributed by atoms with Crippen LogP contribution in [0.2, 0.25) is 0 Å². The van der Waals surface area contributed by atoms with Crippen molar-refractivity contribution >= 4 is 17.8 Å². The van der Waals surface area contributed by atoms with Crippen molar-refractivity contribution in [1.29, 1.82) is 0 Å². The molecule has 1 saturated heterocycles. The van der Waals surface area contributed by atoms with Gasteiger partial charge in [-0.25, -0.2) is 9.18 Å². The molecule has 152 valence electrons. The van der Waals surface area contributed by atoms with E-state index in [-0.39, 0.29) is 42.6 Å². The highest BCUT2D eigenvalue weighted by atomic mass is 19.1. The topological polar surface area (TPSA) is 87.7 Å². The van der Waals surface area contributed by atoms with Gasteiger partial charge in [-0.2, -0.15) is 0 Å². The number of carbonyl (C=O) groups excluding carboxylic acids is 3. The molecule has 1 aliphatic heterocycles. The molecule has 1 aromatic carbocycles. The minimum atomic E-state index is -0.716. The number of nitrogens with one attached hydrogen (secondary N) is 2. The third-order valence-electron chi connectivity index (χ3n) is 5.54. The van der Waals surface area contributed by atoms with Gasteiger partial charge in [0.2, 0.25) is 5.91 Å². The summed E-state index contributed by atoms with van der Waals surface area (Å²) in [6.45, 7) is 1.98. The largest absolute Gasteiger partial charge is 0.494 e. The van der Waals surface area contributed by atoms with Crippen LogP contribution in [0.25, 0.3) is 0 Å². The number of benzene rings is 1. The number of rotatable bonds is 7. The van der Waals surface area contributed by atoms with Crippen LogP contribution >= 0.6 is 0 Å². The minimum Gasteiger partial charge on any atom is -0.494 e. The van der Waals surface area contributed by atoms with Crippen LogP contribution in [0.1, 0.15) is 57.1 Å². The summed E-state index contributed by atoms with van der Waals surface area (Å²) in [6.07, 6.45) is 3.80. The fraction of sp³-hybridized carbons (Fsp3) is 0.550. The van der Waals surface area contributed by atoms with Crippen LogP contribution in [0.3, 0.4) is 0 Å². The van der Waals surface area contributed by atoms with Gasteiger partial charge in [-0.1, -0.05) is 18.9 Å². The molecule has 1 aromatic rings. The van der Waals surface area contributed by atoms with Gasteiger partial charge < -0.3 is 15.4 Å². The molecule has 0 aromatic heterocycles. The fourth-order valence-corrected chi connectivity index (χ4v) is 3.94. The van der Waals surface area contributed by atoms with E-state index in [9.17, 15) is 18.8 Å². The molecule has 3 rings (SSSR count). The summed E-state index contributed by atoms with van der Waals surface area (Å²) in [5, 5.41) is 5.63. The highest BCUT2D eigenvalue weighted by molar-refractivity contribution is 6.07. The summed E-state index contributed by atoms with van der Waals surface area (Å²) >= 11 is 0. The zero-order chi connectivity index (χ0) is 20.3. The lowest BCUT2D eigenvalue weighted by atomic mass is 9.98. The monoisotopic (exact) mass is 391 g/mol. The van der Waals surface area contributed by atoms with Crippen molar-refractivity contribution in [1.82, 2.24) is 15.5 Å². The van der Waals surface area contributed by atoms with E-state index in [2.05, 4.69) is 10.6 Å². The summed E-state index contributed by atoms with van der Waals surface area (Å²) < 4.78 is 18.7. The number of halogens is 1. The number of nitrogens with zero attached hydrogens (tertiary/aromatic N) is 1. The van der Waals surface area contributed by atoms with Gasteiger partial charge in [-0.15, -0.1) is 0 Å². The molecule has 8 heteroatoms. The summed E-state index contributed by atoms with van der Waals surface area (Å²) in [4.78, 5) is 38.1. The fourth-order valence-electron chi connectivity index (χ4n) is 3.94. The van der Waals surface area contributed by atoms with E-state index in [0.29, 0.717) is 24.8 Å². The van der Waals surface area contributed by atoms with Crippen LogP contribution in [-0.4, -0.2) is 41.9 Å². The molecule has 1 heterocycles. The number of ether oxygens (including phenoxy) is 1. The minimum absolute atomic E-state index is 0.149. The maximum absolute atomic E-state index is 13.8. The summed E-state index contributed by atoms with van der Waals surface area (Å²) in [7, 11) is 1.39. The van der Waals surface area contributed by atoms with Crippen molar-refractivity contribution in [3.05, 3.63) is 29.6 Å². The quantitative estimate of drug-likeness (QED) is 0.700. The SMILES string of the molecule is COc1ccc([C@@H](C)NC(=O)CCCN2C(=O)NC3(CCCC3)C2=O)cc1F. The Bertz CT molecular complexity index is 777. The molecular formula is C20H26FN3O4. The Labute approximate surface area is 163 Å². The van der Waals surface area contributed by atoms with Gasteiger partial charge in [0, 0.05) is 13.0 Å². The Morgan fingerprint density at radius 2 is 2.07 bits per heavy atom. The van der Waals surface area contributed by atoms with E-state index >= 15 is 0 Å². The van der Waals surface area contributed by atoms with Crippen LogP contribution in [-0.2, 0) is 9.59 Å². The first kappa shape index (κ1) is 20.1. The first-order valence-corrected chi connectivity index (χ1v) is 9.63. The van der Waals surface area contributed by atoms with Crippen molar-refractivity contribution < 1.29 is 23.5 Å². The lowest BCUT2D eigenvalue weighted by Gasteiger charge is -2.20. The maximum Gasteiger partial charge on any atom is 0.325 e. The normalized spacial score (nSPS) is 19.0. The van der Waals surface area contributed by atoms with Crippen molar-refractivity contribution in [2.75, 3.05) is 13.7 Å². The van der Waals surface area contributed by atoms with Crippen molar-refractivity contribution in [2.45, 2.75) is 57.0 Å². The summed E-state index contributed by atoms with van der Waals surface area (Å²) in [5.41, 5.74) is -0.0873. The number of amides is 4. The lowest BCUT2D eigenvalue weighted by molar-refractivity contribution is -0.131. The second-order valence-electron chi connectivity index (χ2n) is 7.46. The van der Waals surface area contributed by atoms with Crippen LogP contribution in [0.15, 0.2) is 18.2 Å². The third-order valence-corrected chi connectivity index (χ3v) is 5.54. The van der Waals surface area contributed by atoms with Gasteiger partial charge in [0.25, 0.3) is 5.91 Å². The molecule has 2 N–H and O–H groups in total. The molecule has 0 radical (unpaired) electrons. The van der Waals surface area contributed by atoms with Gasteiger partial charge >= 0.3 is 6.03 Å². The number of urea groups is 1. The highest BCUT2D eigenvalue weighted by Crippen LogP contribution is 2.35. The molecule has 28 heavy (non-hydrogen) atoms. The number of imide groups is 1. The van der Waals surface area contributed by atoms with Gasteiger partial charge in [0.1, 0.15) is 5.54 Å². The van der Waals surface area contributed by atoms with Gasteiger partial charge in [0.15, 0.2) is 11.6 Å². The molecule has 0 unspecified atom stereocenters. The van der Waals surface area contributed by atoms with E-state index < -0.39 is 11.4 Å². The maximum atomic E-state index is 13.8. The molecule has 1 aliphatic carbocycles. The predicted octanol–water partition coefficient (Wildman–Crippen LogP) is 2.66. The van der Waals surface area contributed by atoms with Crippen molar-refractivity contribution in [2.24, 2.45) is 0 Å². The number of carbonyl (C=O) groups is 3. The summed E-state index contributed by atoms with van der Waals surface area (Å²) in [6, 6.07) is 3.81. The van der Waals surface area contributed by atoms with E-state index in [0.717, 1.165) is 12.8 Å². The second-order valence-corrected chi connectivity index (χ2v) is 7.46. The van der Waals surface area contributed by atoms with Crippen LogP contribution in [0.4, 0.5) is 9.18 Å². The number of methoxy groups -OCH3 is 1. The van der Waals surface area contributed by atoms with Crippen molar-refractivity contribution in [3.8, 4) is 5.75 Å². The smallest absolute Gasteiger partial charge is 0.325 e. The average molecular weight is 391 g/mol. The second kappa shape index (κ2) is 8.16. The van der Waals surface area contributed by atoms with Crippen molar-refractivity contribution in [3.63, 3.8) is 0 Å². The molecule has 4 amide bonds. The molecule has 1 atom stereocenters. The van der Waals surface area contributed by atoms with Crippen LogP contribution in [0.5, 0.6) is 5.75 Å². The van der Waals surface area contributed by atoms with Crippen LogP contribution < -0.4 is 15.4 Å². The van der Waals surface area contributed by atoms with Gasteiger partial charge in [-0.3, -0.25) is 14.5 Å². The molecule has 1 saturated carbocycles. The van der Waals surface area contributed by atoms with Crippen LogP contribution in [0, 0.1) is 5.82 Å². The zero-order valence-corrected chi connectivity index (χ0v) is 16.2. The Balaban J connectivity index is 1.47. The first-order valence-electron chi connectivity index (χ1n) is 9.63. The highest BCUT2D eigenvalue weighted by Gasteiger charge is 2.52. The van der Waals surface area contributed by atoms with E-state index in [4.69, 9.17) is 4.74 Å². The van der Waals surface area contributed by atoms with E-state index in [1.54, 1.807) is 13.0 Å². The Morgan fingerprint density at radius 3 is 2.71 bits per heavy atom.